The van der Waals surface area contributed by atoms with Crippen LogP contribution in [0.2, 0.25) is 5.02 Å². The van der Waals surface area contributed by atoms with E-state index in [0.29, 0.717) is 11.4 Å². The molecule has 0 aliphatic heterocycles. The standard InChI is InChI=1S/C11H11ClN2O2/c1-7-9(2-3-11(15)16)14-5-4-8(12)6-10(14)13-7/h4-6H,2-3H2,1H3,(H,15,16). The van der Waals surface area contributed by atoms with E-state index in [-0.39, 0.29) is 6.42 Å². The first-order valence-corrected chi connectivity index (χ1v) is 5.30. The Morgan fingerprint density at radius 1 is 1.62 bits per heavy atom. The van der Waals surface area contributed by atoms with Gasteiger partial charge in [0, 0.05) is 29.4 Å². The van der Waals surface area contributed by atoms with Crippen LogP contribution in [0.3, 0.4) is 0 Å². The molecule has 0 radical (unpaired) electrons. The minimum Gasteiger partial charge on any atom is -0.481 e. The first kappa shape index (κ1) is 11.0. The number of carboxylic acids is 1. The van der Waals surface area contributed by atoms with E-state index in [1.807, 2.05) is 17.5 Å². The molecule has 5 heteroatoms. The van der Waals surface area contributed by atoms with Gasteiger partial charge in [-0.15, -0.1) is 0 Å². The molecule has 16 heavy (non-hydrogen) atoms. The molecule has 2 rings (SSSR count). The van der Waals surface area contributed by atoms with E-state index in [2.05, 4.69) is 4.98 Å². The summed E-state index contributed by atoms with van der Waals surface area (Å²) in [6.45, 7) is 1.87. The highest BCUT2D eigenvalue weighted by atomic mass is 35.5. The third-order valence-corrected chi connectivity index (χ3v) is 2.70. The molecule has 0 spiro atoms. The zero-order valence-electron chi connectivity index (χ0n) is 8.77. The second kappa shape index (κ2) is 4.14. The van der Waals surface area contributed by atoms with Crippen LogP contribution in [0, 0.1) is 6.92 Å². The number of hydrogen-bond acceptors (Lipinski definition) is 2. The Hall–Kier alpha value is -1.55. The number of aromatic nitrogens is 2. The molecule has 84 valence electrons. The lowest BCUT2D eigenvalue weighted by atomic mass is 10.2. The third-order valence-electron chi connectivity index (χ3n) is 2.46. The smallest absolute Gasteiger partial charge is 0.303 e. The first-order chi connectivity index (χ1) is 7.58. The second-order valence-corrected chi connectivity index (χ2v) is 4.05. The van der Waals surface area contributed by atoms with Crippen LogP contribution in [0.4, 0.5) is 0 Å². The first-order valence-electron chi connectivity index (χ1n) is 4.93. The highest BCUT2D eigenvalue weighted by molar-refractivity contribution is 6.30. The summed E-state index contributed by atoms with van der Waals surface area (Å²) in [5.41, 5.74) is 2.53. The molecule has 0 saturated carbocycles. The number of nitrogens with zero attached hydrogens (tertiary/aromatic N) is 2. The minimum atomic E-state index is -0.802. The Kier molecular flexibility index (Phi) is 2.83. The number of aryl methyl sites for hydroxylation is 2. The number of carbonyl (C=O) groups is 1. The molecule has 2 aromatic heterocycles. The summed E-state index contributed by atoms with van der Waals surface area (Å²) in [6, 6.07) is 3.53. The molecule has 4 nitrogen and oxygen atoms in total. The van der Waals surface area contributed by atoms with Crippen LogP contribution < -0.4 is 0 Å². The highest BCUT2D eigenvalue weighted by Crippen LogP contribution is 2.17. The summed E-state index contributed by atoms with van der Waals surface area (Å²) >= 11 is 5.86. The molecule has 0 aliphatic rings. The summed E-state index contributed by atoms with van der Waals surface area (Å²) in [6.07, 6.45) is 2.40. The summed E-state index contributed by atoms with van der Waals surface area (Å²) in [5.74, 6) is -0.802. The highest BCUT2D eigenvalue weighted by Gasteiger charge is 2.10. The number of pyridine rings is 1. The zero-order chi connectivity index (χ0) is 11.7. The fourth-order valence-corrected chi connectivity index (χ4v) is 1.87. The number of aliphatic carboxylic acids is 1. The predicted octanol–water partition coefficient (Wildman–Crippen LogP) is 2.31. The SMILES string of the molecule is Cc1nc2cc(Cl)ccn2c1CCC(=O)O. The summed E-state index contributed by atoms with van der Waals surface area (Å²) in [4.78, 5) is 14.9. The Balaban J connectivity index is 2.43. The van der Waals surface area contributed by atoms with Gasteiger partial charge in [0.1, 0.15) is 5.65 Å². The van der Waals surface area contributed by atoms with E-state index in [4.69, 9.17) is 16.7 Å². The van der Waals surface area contributed by atoms with Gasteiger partial charge in [-0.25, -0.2) is 4.98 Å². The fourth-order valence-electron chi connectivity index (χ4n) is 1.71. The summed E-state index contributed by atoms with van der Waals surface area (Å²) in [7, 11) is 0. The molecule has 2 aromatic rings. The van der Waals surface area contributed by atoms with Gasteiger partial charge in [0.2, 0.25) is 0 Å². The van der Waals surface area contributed by atoms with Crippen molar-refractivity contribution in [2.75, 3.05) is 0 Å². The van der Waals surface area contributed by atoms with Crippen molar-refractivity contribution in [3.05, 3.63) is 34.7 Å². The van der Waals surface area contributed by atoms with Crippen molar-refractivity contribution in [3.8, 4) is 0 Å². The molecule has 0 fully saturated rings. The van der Waals surface area contributed by atoms with Gasteiger partial charge in [-0.2, -0.15) is 0 Å². The topological polar surface area (TPSA) is 54.6 Å². The van der Waals surface area contributed by atoms with Gasteiger partial charge in [-0.05, 0) is 13.0 Å². The molecule has 0 unspecified atom stereocenters. The van der Waals surface area contributed by atoms with Crippen molar-refractivity contribution in [2.45, 2.75) is 19.8 Å². The van der Waals surface area contributed by atoms with Crippen LogP contribution in [0.15, 0.2) is 18.3 Å². The number of hydrogen-bond donors (Lipinski definition) is 1. The number of fused-ring (bicyclic) bond motifs is 1. The maximum atomic E-state index is 10.5. The monoisotopic (exact) mass is 238 g/mol. The Bertz CT molecular complexity index is 548. The lowest BCUT2D eigenvalue weighted by Gasteiger charge is -2.01. The van der Waals surface area contributed by atoms with Crippen LogP contribution in [0.25, 0.3) is 5.65 Å². The van der Waals surface area contributed by atoms with Crippen LogP contribution in [-0.4, -0.2) is 20.5 Å². The van der Waals surface area contributed by atoms with Crippen LogP contribution in [0.1, 0.15) is 17.8 Å². The van der Waals surface area contributed by atoms with Gasteiger partial charge in [0.25, 0.3) is 0 Å². The van der Waals surface area contributed by atoms with Crippen LogP contribution >= 0.6 is 11.6 Å². The van der Waals surface area contributed by atoms with Crippen LogP contribution in [0.5, 0.6) is 0 Å². The lowest BCUT2D eigenvalue weighted by Crippen LogP contribution is -2.01. The molecule has 0 amide bonds. The molecular weight excluding hydrogens is 228 g/mol. The molecule has 0 atom stereocenters. The van der Waals surface area contributed by atoms with Crippen molar-refractivity contribution in [1.29, 1.82) is 0 Å². The molecule has 2 heterocycles. The van der Waals surface area contributed by atoms with Gasteiger partial charge in [-0.1, -0.05) is 11.6 Å². The fraction of sp³-hybridized carbons (Fsp3) is 0.273. The molecule has 0 bridgehead atoms. The molecule has 0 aliphatic carbocycles. The summed E-state index contributed by atoms with van der Waals surface area (Å²) < 4.78 is 1.88. The maximum Gasteiger partial charge on any atom is 0.303 e. The minimum absolute atomic E-state index is 0.108. The van der Waals surface area contributed by atoms with E-state index in [0.717, 1.165) is 17.0 Å². The quantitative estimate of drug-likeness (QED) is 0.893. The van der Waals surface area contributed by atoms with Gasteiger partial charge in [0.15, 0.2) is 0 Å². The average molecular weight is 239 g/mol. The van der Waals surface area contributed by atoms with Crippen molar-refractivity contribution in [2.24, 2.45) is 0 Å². The average Bonchev–Trinajstić information content (AvgIpc) is 2.50. The zero-order valence-corrected chi connectivity index (χ0v) is 9.53. The second-order valence-electron chi connectivity index (χ2n) is 3.61. The van der Waals surface area contributed by atoms with E-state index in [1.54, 1.807) is 12.1 Å². The largest absolute Gasteiger partial charge is 0.481 e. The molecule has 0 aromatic carbocycles. The van der Waals surface area contributed by atoms with Gasteiger partial charge < -0.3 is 9.51 Å². The Morgan fingerprint density at radius 2 is 2.38 bits per heavy atom. The van der Waals surface area contributed by atoms with Gasteiger partial charge in [0.05, 0.1) is 12.1 Å². The van der Waals surface area contributed by atoms with Crippen molar-refractivity contribution in [3.63, 3.8) is 0 Å². The van der Waals surface area contributed by atoms with E-state index >= 15 is 0 Å². The molecular formula is C11H11ClN2O2. The predicted molar refractivity (Wildman–Crippen MR) is 60.9 cm³/mol. The molecule has 1 N–H and O–H groups in total. The normalized spacial score (nSPS) is 10.9. The summed E-state index contributed by atoms with van der Waals surface area (Å²) in [5, 5.41) is 9.30. The van der Waals surface area contributed by atoms with E-state index in [1.165, 1.54) is 0 Å². The van der Waals surface area contributed by atoms with Crippen LogP contribution in [-0.2, 0) is 11.2 Å². The Labute approximate surface area is 97.5 Å². The van der Waals surface area contributed by atoms with Gasteiger partial charge >= 0.3 is 5.97 Å². The maximum absolute atomic E-state index is 10.5. The van der Waals surface area contributed by atoms with Crippen molar-refractivity contribution < 1.29 is 9.90 Å². The van der Waals surface area contributed by atoms with E-state index in [9.17, 15) is 4.79 Å². The number of imidazole rings is 1. The van der Waals surface area contributed by atoms with Gasteiger partial charge in [-0.3, -0.25) is 4.79 Å². The van der Waals surface area contributed by atoms with Crippen molar-refractivity contribution in [1.82, 2.24) is 9.38 Å². The lowest BCUT2D eigenvalue weighted by molar-refractivity contribution is -0.136. The van der Waals surface area contributed by atoms with E-state index < -0.39 is 5.97 Å². The molecule has 0 saturated heterocycles. The van der Waals surface area contributed by atoms with Crippen molar-refractivity contribution >= 4 is 23.2 Å². The Morgan fingerprint density at radius 3 is 3.06 bits per heavy atom. The number of halogens is 1. The number of carboxylic acid groups (broad SMARTS) is 1. The number of rotatable bonds is 3. The third kappa shape index (κ3) is 2.02.